The van der Waals surface area contributed by atoms with E-state index in [0.717, 1.165) is 18.4 Å². The third-order valence-electron chi connectivity index (χ3n) is 6.18. The Bertz CT molecular complexity index is 966. The van der Waals surface area contributed by atoms with Crippen molar-refractivity contribution in [3.8, 4) is 0 Å². The molecule has 0 aliphatic heterocycles. The molecule has 1 aliphatic rings. The molecule has 3 aromatic rings. The third-order valence-corrected chi connectivity index (χ3v) is 6.18. The summed E-state index contributed by atoms with van der Waals surface area (Å²) in [5.74, 6) is 0.855. The van der Waals surface area contributed by atoms with E-state index in [0.29, 0.717) is 31.2 Å². The molecular weight excluding hydrogens is 390 g/mol. The monoisotopic (exact) mass is 419 g/mol. The molecule has 162 valence electrons. The number of hydrogen-bond donors (Lipinski definition) is 1. The van der Waals surface area contributed by atoms with Crippen LogP contribution in [0.25, 0.3) is 0 Å². The van der Waals surface area contributed by atoms with Crippen LogP contribution in [-0.4, -0.2) is 29.8 Å². The average molecular weight is 420 g/mol. The summed E-state index contributed by atoms with van der Waals surface area (Å²) in [6, 6.07) is 20.3. The van der Waals surface area contributed by atoms with E-state index in [9.17, 15) is 4.79 Å². The lowest BCUT2D eigenvalue weighted by Crippen LogP contribution is -2.39. The molecule has 1 heterocycles. The molecule has 0 spiro atoms. The number of ether oxygens (including phenoxy) is 1. The molecule has 6 heteroatoms. The summed E-state index contributed by atoms with van der Waals surface area (Å²) in [5, 5.41) is 11.4. The van der Waals surface area contributed by atoms with Crippen molar-refractivity contribution < 1.29 is 13.9 Å². The number of nitrogens with zero attached hydrogens (tertiary/aromatic N) is 2. The van der Waals surface area contributed by atoms with E-state index in [1.54, 1.807) is 7.11 Å². The van der Waals surface area contributed by atoms with Crippen LogP contribution in [0.3, 0.4) is 0 Å². The van der Waals surface area contributed by atoms with Gasteiger partial charge in [0.1, 0.15) is 0 Å². The van der Waals surface area contributed by atoms with Crippen LogP contribution in [0.15, 0.2) is 65.1 Å². The van der Waals surface area contributed by atoms with Gasteiger partial charge in [0.25, 0.3) is 0 Å². The molecule has 31 heavy (non-hydrogen) atoms. The molecule has 6 nitrogen and oxygen atoms in total. The molecule has 0 radical (unpaired) electrons. The third kappa shape index (κ3) is 5.02. The number of methoxy groups -OCH3 is 1. The van der Waals surface area contributed by atoms with Crippen molar-refractivity contribution in [3.05, 3.63) is 83.6 Å². The number of nitrogens with one attached hydrogen (secondary N) is 1. The van der Waals surface area contributed by atoms with Crippen molar-refractivity contribution >= 4 is 5.91 Å². The number of aryl methyl sites for hydroxylation is 1. The van der Waals surface area contributed by atoms with Gasteiger partial charge >= 0.3 is 0 Å². The van der Waals surface area contributed by atoms with Gasteiger partial charge in [0.05, 0.1) is 0 Å². The maximum atomic E-state index is 12.5. The highest BCUT2D eigenvalue weighted by atomic mass is 16.5. The molecule has 1 atom stereocenters. The molecule has 1 unspecified atom stereocenters. The van der Waals surface area contributed by atoms with Crippen LogP contribution >= 0.6 is 0 Å². The first-order valence-electron chi connectivity index (χ1n) is 10.9. The SMILES string of the molecule is COC(c1ccccc1)c1nnc(CCC(=O)NCC2(c3ccccc3)CCCC2)o1. The Labute approximate surface area is 183 Å². The number of amides is 1. The molecule has 0 saturated heterocycles. The fraction of sp³-hybridized carbons (Fsp3) is 0.400. The van der Waals surface area contributed by atoms with E-state index in [-0.39, 0.29) is 11.3 Å². The van der Waals surface area contributed by atoms with Crippen LogP contribution in [0.5, 0.6) is 0 Å². The van der Waals surface area contributed by atoms with Crippen LogP contribution in [0.4, 0.5) is 0 Å². The van der Waals surface area contributed by atoms with E-state index >= 15 is 0 Å². The Kier molecular flexibility index (Phi) is 6.77. The van der Waals surface area contributed by atoms with E-state index < -0.39 is 6.10 Å². The molecule has 4 rings (SSSR count). The second-order valence-corrected chi connectivity index (χ2v) is 8.19. The fourth-order valence-electron chi connectivity index (χ4n) is 4.47. The number of carbonyl (C=O) groups is 1. The number of aromatic nitrogens is 2. The van der Waals surface area contributed by atoms with Gasteiger partial charge in [-0.15, -0.1) is 10.2 Å². The van der Waals surface area contributed by atoms with Gasteiger partial charge in [0.15, 0.2) is 6.10 Å². The molecule has 1 saturated carbocycles. The lowest BCUT2D eigenvalue weighted by Gasteiger charge is -2.30. The van der Waals surface area contributed by atoms with Crippen LogP contribution in [0.2, 0.25) is 0 Å². The fourth-order valence-corrected chi connectivity index (χ4v) is 4.47. The molecule has 1 amide bonds. The Balaban J connectivity index is 1.32. The highest BCUT2D eigenvalue weighted by molar-refractivity contribution is 5.76. The standard InChI is InChI=1S/C25H29N3O3/c1-30-23(19-10-4-2-5-11-19)24-28-27-22(31-24)15-14-21(29)26-18-25(16-8-9-17-25)20-12-6-3-7-13-20/h2-7,10-13,23H,8-9,14-18H2,1H3,(H,26,29). The minimum Gasteiger partial charge on any atom is -0.422 e. The molecule has 1 aliphatic carbocycles. The number of hydrogen-bond acceptors (Lipinski definition) is 5. The number of benzene rings is 2. The van der Waals surface area contributed by atoms with Crippen molar-refractivity contribution in [1.82, 2.24) is 15.5 Å². The number of rotatable bonds is 9. The Morgan fingerprint density at radius 2 is 1.74 bits per heavy atom. The quantitative estimate of drug-likeness (QED) is 0.557. The maximum Gasteiger partial charge on any atom is 0.249 e. The van der Waals surface area contributed by atoms with Crippen LogP contribution < -0.4 is 5.32 Å². The minimum atomic E-state index is -0.413. The topological polar surface area (TPSA) is 77.2 Å². The van der Waals surface area contributed by atoms with E-state index in [4.69, 9.17) is 9.15 Å². The van der Waals surface area contributed by atoms with Crippen molar-refractivity contribution in [2.45, 2.75) is 50.0 Å². The lowest BCUT2D eigenvalue weighted by atomic mass is 9.79. The summed E-state index contributed by atoms with van der Waals surface area (Å²) in [6.07, 6.45) is 4.95. The van der Waals surface area contributed by atoms with Gasteiger partial charge in [-0.1, -0.05) is 73.5 Å². The maximum absolute atomic E-state index is 12.5. The number of carbonyl (C=O) groups excluding carboxylic acids is 1. The van der Waals surface area contributed by atoms with Crippen LogP contribution in [0, 0.1) is 0 Å². The second kappa shape index (κ2) is 9.88. The van der Waals surface area contributed by atoms with Crippen molar-refractivity contribution in [2.24, 2.45) is 0 Å². The van der Waals surface area contributed by atoms with Gasteiger partial charge in [-0.05, 0) is 24.0 Å². The average Bonchev–Trinajstić information content (AvgIpc) is 3.49. The minimum absolute atomic E-state index is 0.00769. The first-order valence-corrected chi connectivity index (χ1v) is 10.9. The van der Waals surface area contributed by atoms with Gasteiger partial charge in [0, 0.05) is 31.9 Å². The normalized spacial score (nSPS) is 16.2. The van der Waals surface area contributed by atoms with E-state index in [1.165, 1.54) is 18.4 Å². The first-order chi connectivity index (χ1) is 15.2. The highest BCUT2D eigenvalue weighted by Crippen LogP contribution is 2.40. The molecule has 1 aromatic heterocycles. The summed E-state index contributed by atoms with van der Waals surface area (Å²) in [7, 11) is 1.61. The van der Waals surface area contributed by atoms with E-state index in [2.05, 4.69) is 39.8 Å². The summed E-state index contributed by atoms with van der Waals surface area (Å²) in [6.45, 7) is 0.671. The smallest absolute Gasteiger partial charge is 0.249 e. The highest BCUT2D eigenvalue weighted by Gasteiger charge is 2.35. The lowest BCUT2D eigenvalue weighted by molar-refractivity contribution is -0.121. The summed E-state index contributed by atoms with van der Waals surface area (Å²) in [4.78, 5) is 12.5. The van der Waals surface area contributed by atoms with Crippen molar-refractivity contribution in [2.75, 3.05) is 13.7 Å². The second-order valence-electron chi connectivity index (χ2n) is 8.19. The van der Waals surface area contributed by atoms with Gasteiger partial charge < -0.3 is 14.5 Å². The molecular formula is C25H29N3O3. The largest absolute Gasteiger partial charge is 0.422 e. The summed E-state index contributed by atoms with van der Waals surface area (Å²) in [5.41, 5.74) is 2.32. The Morgan fingerprint density at radius 1 is 1.06 bits per heavy atom. The van der Waals surface area contributed by atoms with Gasteiger partial charge in [-0.2, -0.15) is 0 Å². The summed E-state index contributed by atoms with van der Waals surface area (Å²) >= 11 is 0. The van der Waals surface area contributed by atoms with Crippen LogP contribution in [-0.2, 0) is 21.4 Å². The zero-order valence-electron chi connectivity index (χ0n) is 17.9. The first kappa shape index (κ1) is 21.2. The van der Waals surface area contributed by atoms with Crippen molar-refractivity contribution in [1.29, 1.82) is 0 Å². The molecule has 2 aromatic carbocycles. The van der Waals surface area contributed by atoms with Crippen molar-refractivity contribution in [3.63, 3.8) is 0 Å². The molecule has 0 bridgehead atoms. The van der Waals surface area contributed by atoms with Gasteiger partial charge in [0.2, 0.25) is 17.7 Å². The van der Waals surface area contributed by atoms with Gasteiger partial charge in [-0.25, -0.2) is 0 Å². The zero-order chi connectivity index (χ0) is 21.5. The zero-order valence-corrected chi connectivity index (χ0v) is 17.9. The predicted molar refractivity (Wildman–Crippen MR) is 118 cm³/mol. The van der Waals surface area contributed by atoms with E-state index in [1.807, 2.05) is 36.4 Å². The Morgan fingerprint density at radius 3 is 2.42 bits per heavy atom. The molecule has 1 fully saturated rings. The Hall–Kier alpha value is -2.99. The van der Waals surface area contributed by atoms with Crippen LogP contribution in [0.1, 0.15) is 61.1 Å². The predicted octanol–water partition coefficient (Wildman–Crippen LogP) is 4.37. The van der Waals surface area contributed by atoms with Gasteiger partial charge in [-0.3, -0.25) is 4.79 Å². The summed E-state index contributed by atoms with van der Waals surface area (Å²) < 4.78 is 11.3. The molecule has 1 N–H and O–H groups in total.